The Morgan fingerprint density at radius 3 is 2.03 bits per heavy atom. The Morgan fingerprint density at radius 1 is 0.812 bits per heavy atom. The molecule has 0 aromatic heterocycles. The van der Waals surface area contributed by atoms with Crippen LogP contribution in [-0.4, -0.2) is 57.5 Å². The minimum absolute atomic E-state index is 0.0459. The van der Waals surface area contributed by atoms with E-state index in [0.717, 1.165) is 17.5 Å². The number of aliphatic hydroxyl groups is 2. The summed E-state index contributed by atoms with van der Waals surface area (Å²) < 4.78 is 27.9. The Balaban J connectivity index is 1.82. The van der Waals surface area contributed by atoms with Crippen molar-refractivity contribution >= 4 is 12.2 Å². The SMILES string of the molecule is COc1ccc(/C=C\c2cc(OC)c(OC)c(OC)c2)cc1OC1CCC(O)C(CO)C1. The fourth-order valence-corrected chi connectivity index (χ4v) is 3.97. The lowest BCUT2D eigenvalue weighted by Gasteiger charge is -2.32. The molecule has 1 saturated carbocycles. The molecule has 0 heterocycles. The van der Waals surface area contributed by atoms with Crippen LogP contribution < -0.4 is 23.7 Å². The van der Waals surface area contributed by atoms with Crippen molar-refractivity contribution in [1.82, 2.24) is 0 Å². The summed E-state index contributed by atoms with van der Waals surface area (Å²) in [6, 6.07) is 9.49. The summed E-state index contributed by atoms with van der Waals surface area (Å²) in [6.07, 6.45) is 5.30. The van der Waals surface area contributed by atoms with Crippen LogP contribution in [-0.2, 0) is 0 Å². The highest BCUT2D eigenvalue weighted by molar-refractivity contribution is 5.73. The molecule has 2 aromatic carbocycles. The van der Waals surface area contributed by atoms with Crippen molar-refractivity contribution in [1.29, 1.82) is 0 Å². The minimum atomic E-state index is -0.477. The Bertz CT molecular complexity index is 899. The molecule has 1 aliphatic carbocycles. The van der Waals surface area contributed by atoms with E-state index in [1.807, 2.05) is 42.5 Å². The average Bonchev–Trinajstić information content (AvgIpc) is 2.83. The van der Waals surface area contributed by atoms with Crippen molar-refractivity contribution < 1.29 is 33.9 Å². The fourth-order valence-electron chi connectivity index (χ4n) is 3.97. The predicted molar refractivity (Wildman–Crippen MR) is 123 cm³/mol. The highest BCUT2D eigenvalue weighted by Gasteiger charge is 2.30. The summed E-state index contributed by atoms with van der Waals surface area (Å²) in [5.41, 5.74) is 1.83. The normalized spacial score (nSPS) is 20.8. The second kappa shape index (κ2) is 11.1. The number of benzene rings is 2. The van der Waals surface area contributed by atoms with Crippen LogP contribution in [0.2, 0.25) is 0 Å². The van der Waals surface area contributed by atoms with Crippen LogP contribution in [0.5, 0.6) is 28.7 Å². The van der Waals surface area contributed by atoms with Gasteiger partial charge < -0.3 is 33.9 Å². The minimum Gasteiger partial charge on any atom is -0.493 e. The lowest BCUT2D eigenvalue weighted by atomic mass is 9.85. The van der Waals surface area contributed by atoms with E-state index in [2.05, 4.69) is 0 Å². The summed E-state index contributed by atoms with van der Waals surface area (Å²) >= 11 is 0. The average molecular weight is 445 g/mol. The number of hydrogen-bond donors (Lipinski definition) is 2. The van der Waals surface area contributed by atoms with Crippen LogP contribution >= 0.6 is 0 Å². The zero-order chi connectivity index (χ0) is 23.1. The lowest BCUT2D eigenvalue weighted by molar-refractivity contribution is -0.00727. The zero-order valence-electron chi connectivity index (χ0n) is 19.0. The molecule has 7 nitrogen and oxygen atoms in total. The Kier molecular flexibility index (Phi) is 8.25. The smallest absolute Gasteiger partial charge is 0.203 e. The predicted octanol–water partition coefficient (Wildman–Crippen LogP) is 3.79. The van der Waals surface area contributed by atoms with E-state index < -0.39 is 6.10 Å². The number of methoxy groups -OCH3 is 4. The molecule has 174 valence electrons. The van der Waals surface area contributed by atoms with E-state index in [0.29, 0.717) is 41.6 Å². The van der Waals surface area contributed by atoms with Crippen LogP contribution in [0.3, 0.4) is 0 Å². The van der Waals surface area contributed by atoms with Crippen LogP contribution in [0.25, 0.3) is 12.2 Å². The first-order chi connectivity index (χ1) is 15.5. The van der Waals surface area contributed by atoms with E-state index in [9.17, 15) is 10.2 Å². The second-order valence-electron chi connectivity index (χ2n) is 7.77. The molecule has 0 amide bonds. The summed E-state index contributed by atoms with van der Waals surface area (Å²) in [4.78, 5) is 0. The number of aliphatic hydroxyl groups excluding tert-OH is 2. The molecule has 0 saturated heterocycles. The number of hydrogen-bond acceptors (Lipinski definition) is 7. The topological polar surface area (TPSA) is 86.6 Å². The summed E-state index contributed by atoms with van der Waals surface area (Å²) in [5, 5.41) is 19.5. The molecule has 0 radical (unpaired) electrons. The van der Waals surface area contributed by atoms with Crippen molar-refractivity contribution in [3.8, 4) is 28.7 Å². The number of ether oxygens (including phenoxy) is 5. The molecule has 1 aliphatic rings. The van der Waals surface area contributed by atoms with E-state index in [1.165, 1.54) is 0 Å². The van der Waals surface area contributed by atoms with Gasteiger partial charge in [-0.1, -0.05) is 18.2 Å². The Labute approximate surface area is 189 Å². The van der Waals surface area contributed by atoms with Gasteiger partial charge in [-0.2, -0.15) is 0 Å². The molecule has 3 unspecified atom stereocenters. The van der Waals surface area contributed by atoms with Crippen molar-refractivity contribution in [2.24, 2.45) is 5.92 Å². The Morgan fingerprint density at radius 2 is 1.44 bits per heavy atom. The molecule has 0 bridgehead atoms. The zero-order valence-corrected chi connectivity index (χ0v) is 19.0. The van der Waals surface area contributed by atoms with Crippen molar-refractivity contribution in [3.63, 3.8) is 0 Å². The molecule has 32 heavy (non-hydrogen) atoms. The summed E-state index contributed by atoms with van der Waals surface area (Å²) in [5.74, 6) is 2.83. The molecular formula is C25H32O7. The summed E-state index contributed by atoms with van der Waals surface area (Å²) in [7, 11) is 6.35. The first kappa shape index (κ1) is 23.8. The van der Waals surface area contributed by atoms with E-state index in [4.69, 9.17) is 23.7 Å². The highest BCUT2D eigenvalue weighted by atomic mass is 16.5. The molecule has 2 aromatic rings. The third kappa shape index (κ3) is 5.47. The maximum Gasteiger partial charge on any atom is 0.203 e. The van der Waals surface area contributed by atoms with Gasteiger partial charge in [0, 0.05) is 12.5 Å². The quantitative estimate of drug-likeness (QED) is 0.569. The molecule has 0 aliphatic heterocycles. The fraction of sp³-hybridized carbons (Fsp3) is 0.440. The van der Waals surface area contributed by atoms with Crippen molar-refractivity contribution in [2.75, 3.05) is 35.0 Å². The van der Waals surface area contributed by atoms with E-state index >= 15 is 0 Å². The largest absolute Gasteiger partial charge is 0.493 e. The van der Waals surface area contributed by atoms with Gasteiger partial charge in [-0.15, -0.1) is 0 Å². The maximum absolute atomic E-state index is 10.0. The third-order valence-corrected chi connectivity index (χ3v) is 5.77. The van der Waals surface area contributed by atoms with Crippen molar-refractivity contribution in [2.45, 2.75) is 31.5 Å². The van der Waals surface area contributed by atoms with Gasteiger partial charge in [0.05, 0.1) is 40.6 Å². The van der Waals surface area contributed by atoms with Crippen LogP contribution in [0.15, 0.2) is 30.3 Å². The molecular weight excluding hydrogens is 412 g/mol. The van der Waals surface area contributed by atoms with E-state index in [1.54, 1.807) is 28.4 Å². The van der Waals surface area contributed by atoms with Crippen LogP contribution in [0.4, 0.5) is 0 Å². The molecule has 3 atom stereocenters. The molecule has 1 fully saturated rings. The molecule has 2 N–H and O–H groups in total. The van der Waals surface area contributed by atoms with Gasteiger partial charge >= 0.3 is 0 Å². The maximum atomic E-state index is 10.0. The van der Waals surface area contributed by atoms with Crippen LogP contribution in [0, 0.1) is 5.92 Å². The van der Waals surface area contributed by atoms with Gasteiger partial charge in [-0.25, -0.2) is 0 Å². The van der Waals surface area contributed by atoms with Crippen molar-refractivity contribution in [3.05, 3.63) is 41.5 Å². The van der Waals surface area contributed by atoms with Gasteiger partial charge in [-0.05, 0) is 54.7 Å². The van der Waals surface area contributed by atoms with Crippen LogP contribution in [0.1, 0.15) is 30.4 Å². The third-order valence-electron chi connectivity index (χ3n) is 5.77. The standard InChI is InChI=1S/C25H32O7/c1-28-21-10-7-16(11-22(21)32-19-8-9-20(27)18(14-19)15-26)5-6-17-12-23(29-2)25(31-4)24(13-17)30-3/h5-7,10-13,18-20,26-27H,8-9,14-15H2,1-4H3/b6-5-. The van der Waals surface area contributed by atoms with Gasteiger partial charge in [0.1, 0.15) is 0 Å². The number of rotatable bonds is 9. The van der Waals surface area contributed by atoms with Gasteiger partial charge in [0.15, 0.2) is 23.0 Å². The lowest BCUT2D eigenvalue weighted by Crippen LogP contribution is -2.36. The first-order valence-corrected chi connectivity index (χ1v) is 10.6. The monoisotopic (exact) mass is 444 g/mol. The van der Waals surface area contributed by atoms with E-state index in [-0.39, 0.29) is 18.6 Å². The van der Waals surface area contributed by atoms with Gasteiger partial charge in [0.2, 0.25) is 5.75 Å². The highest BCUT2D eigenvalue weighted by Crippen LogP contribution is 2.39. The van der Waals surface area contributed by atoms with Gasteiger partial charge in [0.25, 0.3) is 0 Å². The Hall–Kier alpha value is -2.90. The molecule has 7 heteroatoms. The summed E-state index contributed by atoms with van der Waals surface area (Å²) in [6.45, 7) is -0.0459. The van der Waals surface area contributed by atoms with Gasteiger partial charge in [-0.3, -0.25) is 0 Å². The second-order valence-corrected chi connectivity index (χ2v) is 7.77. The molecule has 0 spiro atoms. The molecule has 3 rings (SSSR count). The first-order valence-electron chi connectivity index (χ1n) is 10.6.